The summed E-state index contributed by atoms with van der Waals surface area (Å²) in [4.78, 5) is 13.5. The molecule has 1 saturated heterocycles. The number of nitrogens with two attached hydrogens (primary N) is 1. The highest BCUT2D eigenvalue weighted by molar-refractivity contribution is 5.77. The largest absolute Gasteiger partial charge is 0.375 e. The minimum atomic E-state index is 0.0647. The Balaban J connectivity index is 2.53. The molecule has 82 valence electrons. The number of carbonyl (C=O) groups excluding carboxylic acids is 1. The van der Waals surface area contributed by atoms with E-state index >= 15 is 0 Å². The Morgan fingerprint density at radius 2 is 2.36 bits per heavy atom. The van der Waals surface area contributed by atoms with E-state index in [-0.39, 0.29) is 18.6 Å². The van der Waals surface area contributed by atoms with Crippen LogP contribution in [0.1, 0.15) is 19.8 Å². The number of likely N-dealkylation sites (tertiary alicyclic amines) is 1. The van der Waals surface area contributed by atoms with E-state index < -0.39 is 0 Å². The SMILES string of the molecule is COCC(=O)N1CCC(C)CC1CN. The molecule has 1 fully saturated rings. The molecule has 1 amide bonds. The second-order valence-corrected chi connectivity index (χ2v) is 4.04. The van der Waals surface area contributed by atoms with Crippen LogP contribution in [0.25, 0.3) is 0 Å². The zero-order chi connectivity index (χ0) is 10.6. The Labute approximate surface area is 85.4 Å². The van der Waals surface area contributed by atoms with Gasteiger partial charge in [0, 0.05) is 26.2 Å². The summed E-state index contributed by atoms with van der Waals surface area (Å²) in [5.74, 6) is 0.741. The fourth-order valence-electron chi connectivity index (χ4n) is 2.01. The highest BCUT2D eigenvalue weighted by Crippen LogP contribution is 2.21. The average Bonchev–Trinajstić information content (AvgIpc) is 2.17. The van der Waals surface area contributed by atoms with Crippen molar-refractivity contribution in [2.24, 2.45) is 11.7 Å². The van der Waals surface area contributed by atoms with Crippen LogP contribution in [0.3, 0.4) is 0 Å². The van der Waals surface area contributed by atoms with E-state index in [4.69, 9.17) is 10.5 Å². The molecule has 2 atom stereocenters. The fourth-order valence-corrected chi connectivity index (χ4v) is 2.01. The summed E-state index contributed by atoms with van der Waals surface area (Å²) in [6.45, 7) is 3.76. The van der Waals surface area contributed by atoms with Gasteiger partial charge in [0.1, 0.15) is 6.61 Å². The summed E-state index contributed by atoms with van der Waals surface area (Å²) in [6, 6.07) is 0.210. The molecule has 14 heavy (non-hydrogen) atoms. The van der Waals surface area contributed by atoms with Crippen LogP contribution in [-0.2, 0) is 9.53 Å². The van der Waals surface area contributed by atoms with E-state index in [9.17, 15) is 4.79 Å². The third-order valence-electron chi connectivity index (χ3n) is 2.84. The van der Waals surface area contributed by atoms with Gasteiger partial charge in [-0.1, -0.05) is 6.92 Å². The van der Waals surface area contributed by atoms with Crippen molar-refractivity contribution in [2.45, 2.75) is 25.8 Å². The third-order valence-corrected chi connectivity index (χ3v) is 2.84. The van der Waals surface area contributed by atoms with Crippen LogP contribution in [-0.4, -0.2) is 43.7 Å². The molecule has 2 unspecified atom stereocenters. The van der Waals surface area contributed by atoms with E-state index in [0.29, 0.717) is 12.5 Å². The average molecular weight is 200 g/mol. The minimum absolute atomic E-state index is 0.0647. The molecule has 1 heterocycles. The lowest BCUT2D eigenvalue weighted by Gasteiger charge is -2.37. The van der Waals surface area contributed by atoms with E-state index in [1.165, 1.54) is 0 Å². The first kappa shape index (κ1) is 11.5. The summed E-state index contributed by atoms with van der Waals surface area (Å²) in [6.07, 6.45) is 2.10. The molecule has 0 aliphatic carbocycles. The van der Waals surface area contributed by atoms with E-state index in [0.717, 1.165) is 19.4 Å². The molecule has 4 nitrogen and oxygen atoms in total. The van der Waals surface area contributed by atoms with Crippen molar-refractivity contribution in [1.82, 2.24) is 4.90 Å². The van der Waals surface area contributed by atoms with Gasteiger partial charge in [0.15, 0.2) is 0 Å². The van der Waals surface area contributed by atoms with Gasteiger partial charge in [-0.05, 0) is 18.8 Å². The van der Waals surface area contributed by atoms with Gasteiger partial charge in [0.25, 0.3) is 0 Å². The normalized spacial score (nSPS) is 27.8. The molecule has 0 radical (unpaired) electrons. The maximum absolute atomic E-state index is 11.6. The molecule has 0 bridgehead atoms. The van der Waals surface area contributed by atoms with Gasteiger partial charge in [0.2, 0.25) is 5.91 Å². The quantitative estimate of drug-likeness (QED) is 0.709. The number of nitrogens with zero attached hydrogens (tertiary/aromatic N) is 1. The predicted molar refractivity (Wildman–Crippen MR) is 54.8 cm³/mol. The van der Waals surface area contributed by atoms with Crippen LogP contribution < -0.4 is 5.73 Å². The van der Waals surface area contributed by atoms with E-state index in [1.54, 1.807) is 7.11 Å². The van der Waals surface area contributed by atoms with Crippen molar-refractivity contribution in [2.75, 3.05) is 26.8 Å². The highest BCUT2D eigenvalue weighted by Gasteiger charge is 2.28. The van der Waals surface area contributed by atoms with Crippen molar-refractivity contribution >= 4 is 5.91 Å². The number of amides is 1. The van der Waals surface area contributed by atoms with Crippen LogP contribution in [0.2, 0.25) is 0 Å². The van der Waals surface area contributed by atoms with Crippen molar-refractivity contribution in [1.29, 1.82) is 0 Å². The zero-order valence-corrected chi connectivity index (χ0v) is 9.03. The van der Waals surface area contributed by atoms with E-state index in [1.807, 2.05) is 4.90 Å². The van der Waals surface area contributed by atoms with Gasteiger partial charge >= 0.3 is 0 Å². The summed E-state index contributed by atoms with van der Waals surface area (Å²) in [7, 11) is 1.54. The van der Waals surface area contributed by atoms with Crippen LogP contribution in [0, 0.1) is 5.92 Å². The van der Waals surface area contributed by atoms with Crippen LogP contribution >= 0.6 is 0 Å². The lowest BCUT2D eigenvalue weighted by molar-refractivity contribution is -0.139. The Morgan fingerprint density at radius 1 is 1.64 bits per heavy atom. The molecule has 4 heteroatoms. The highest BCUT2D eigenvalue weighted by atomic mass is 16.5. The Hall–Kier alpha value is -0.610. The van der Waals surface area contributed by atoms with Crippen molar-refractivity contribution < 1.29 is 9.53 Å². The lowest BCUT2D eigenvalue weighted by atomic mass is 9.92. The molecule has 0 aromatic carbocycles. The molecule has 1 rings (SSSR count). The summed E-state index contributed by atoms with van der Waals surface area (Å²) in [5.41, 5.74) is 5.66. The summed E-state index contributed by atoms with van der Waals surface area (Å²) >= 11 is 0. The van der Waals surface area contributed by atoms with Gasteiger partial charge in [-0.2, -0.15) is 0 Å². The number of ether oxygens (including phenoxy) is 1. The first-order valence-electron chi connectivity index (χ1n) is 5.17. The number of hydrogen-bond donors (Lipinski definition) is 1. The number of hydrogen-bond acceptors (Lipinski definition) is 3. The monoisotopic (exact) mass is 200 g/mol. The fraction of sp³-hybridized carbons (Fsp3) is 0.900. The van der Waals surface area contributed by atoms with Crippen LogP contribution in [0.4, 0.5) is 0 Å². The number of piperidine rings is 1. The van der Waals surface area contributed by atoms with Crippen molar-refractivity contribution in [3.05, 3.63) is 0 Å². The maximum atomic E-state index is 11.6. The summed E-state index contributed by atoms with van der Waals surface area (Å²) in [5, 5.41) is 0. The van der Waals surface area contributed by atoms with Gasteiger partial charge < -0.3 is 15.4 Å². The minimum Gasteiger partial charge on any atom is -0.375 e. The Kier molecular flexibility index (Phi) is 4.35. The molecule has 0 saturated carbocycles. The molecule has 0 aromatic heterocycles. The molecule has 0 aromatic rings. The lowest BCUT2D eigenvalue weighted by Crippen LogP contribution is -2.50. The molecule has 1 aliphatic rings. The zero-order valence-electron chi connectivity index (χ0n) is 9.03. The topological polar surface area (TPSA) is 55.6 Å². The Bertz CT molecular complexity index is 197. The predicted octanol–water partition coefficient (Wildman–Crippen LogP) is 0.219. The third kappa shape index (κ3) is 2.69. The molecule has 0 spiro atoms. The smallest absolute Gasteiger partial charge is 0.248 e. The Morgan fingerprint density at radius 3 is 2.93 bits per heavy atom. The summed E-state index contributed by atoms with van der Waals surface area (Å²) < 4.78 is 4.84. The molecule has 1 aliphatic heterocycles. The van der Waals surface area contributed by atoms with Gasteiger partial charge in [-0.25, -0.2) is 0 Å². The maximum Gasteiger partial charge on any atom is 0.248 e. The molecular weight excluding hydrogens is 180 g/mol. The van der Waals surface area contributed by atoms with E-state index in [2.05, 4.69) is 6.92 Å². The van der Waals surface area contributed by atoms with Crippen molar-refractivity contribution in [3.8, 4) is 0 Å². The van der Waals surface area contributed by atoms with Crippen LogP contribution in [0.5, 0.6) is 0 Å². The van der Waals surface area contributed by atoms with Gasteiger partial charge in [-0.3, -0.25) is 4.79 Å². The first-order chi connectivity index (χ1) is 6.69. The second-order valence-electron chi connectivity index (χ2n) is 4.04. The van der Waals surface area contributed by atoms with Gasteiger partial charge in [0.05, 0.1) is 0 Å². The number of methoxy groups -OCH3 is 1. The van der Waals surface area contributed by atoms with Gasteiger partial charge in [-0.15, -0.1) is 0 Å². The number of carbonyl (C=O) groups is 1. The van der Waals surface area contributed by atoms with Crippen molar-refractivity contribution in [3.63, 3.8) is 0 Å². The number of rotatable bonds is 3. The first-order valence-corrected chi connectivity index (χ1v) is 5.17. The molecular formula is C10H20N2O2. The van der Waals surface area contributed by atoms with Crippen LogP contribution in [0.15, 0.2) is 0 Å². The standard InChI is InChI=1S/C10H20N2O2/c1-8-3-4-12(9(5-8)6-11)10(13)7-14-2/h8-9H,3-7,11H2,1-2H3. The second kappa shape index (κ2) is 5.32. The molecule has 2 N–H and O–H groups in total.